The summed E-state index contributed by atoms with van der Waals surface area (Å²) in [6, 6.07) is 5.93. The van der Waals surface area contributed by atoms with Crippen LogP contribution in [-0.4, -0.2) is 63.2 Å². The molecule has 0 spiro atoms. The van der Waals surface area contributed by atoms with Crippen LogP contribution in [0, 0.1) is 5.92 Å². The molecule has 1 aromatic rings. The van der Waals surface area contributed by atoms with E-state index in [-0.39, 0.29) is 24.3 Å². The molecular weight excluding hydrogens is 356 g/mol. The van der Waals surface area contributed by atoms with Crippen LogP contribution in [0.5, 0.6) is 0 Å². The fourth-order valence-corrected chi connectivity index (χ4v) is 3.88. The van der Waals surface area contributed by atoms with Gasteiger partial charge in [0.1, 0.15) is 6.61 Å². The lowest BCUT2D eigenvalue weighted by molar-refractivity contribution is -0.126. The van der Waals surface area contributed by atoms with Crippen LogP contribution in [0.4, 0.5) is 0 Å². The molecule has 1 saturated carbocycles. The van der Waals surface area contributed by atoms with Crippen molar-refractivity contribution in [3.05, 3.63) is 34.9 Å². The van der Waals surface area contributed by atoms with Gasteiger partial charge in [-0.25, -0.2) is 0 Å². The summed E-state index contributed by atoms with van der Waals surface area (Å²) in [5.41, 5.74) is 2.95. The molecule has 0 saturated heterocycles. The number of hydrogen-bond donors (Lipinski definition) is 1. The summed E-state index contributed by atoms with van der Waals surface area (Å²) in [6.07, 6.45) is 3.45. The number of nitrogens with zero attached hydrogens (tertiary/aromatic N) is 1. The zero-order valence-electron chi connectivity index (χ0n) is 17.2. The van der Waals surface area contributed by atoms with Crippen LogP contribution >= 0.6 is 0 Å². The average molecular weight is 389 g/mol. The van der Waals surface area contributed by atoms with Crippen molar-refractivity contribution in [3.63, 3.8) is 0 Å². The summed E-state index contributed by atoms with van der Waals surface area (Å²) in [5, 5.41) is 2.87. The van der Waals surface area contributed by atoms with Gasteiger partial charge in [-0.2, -0.15) is 0 Å². The molecule has 2 aliphatic carbocycles. The van der Waals surface area contributed by atoms with E-state index in [9.17, 15) is 9.59 Å². The Labute approximate surface area is 167 Å². The number of hydrogen-bond acceptors (Lipinski definition) is 5. The molecule has 2 aliphatic rings. The Balaban J connectivity index is 1.57. The van der Waals surface area contributed by atoms with Crippen molar-refractivity contribution in [1.29, 1.82) is 0 Å². The normalized spacial score (nSPS) is 21.6. The number of nitrogens with one attached hydrogen (secondary N) is 1. The zero-order valence-corrected chi connectivity index (χ0v) is 17.2. The quantitative estimate of drug-likeness (QED) is 0.623. The minimum Gasteiger partial charge on any atom is -0.382 e. The van der Waals surface area contributed by atoms with Crippen molar-refractivity contribution in [3.8, 4) is 0 Å². The molecule has 2 unspecified atom stereocenters. The van der Waals surface area contributed by atoms with Gasteiger partial charge in [0.2, 0.25) is 5.91 Å². The predicted octanol–water partition coefficient (Wildman–Crippen LogP) is 2.37. The van der Waals surface area contributed by atoms with Crippen LogP contribution in [0.25, 0.3) is 0 Å². The SMILES string of the molecule is COCCOCC(=O)NCc1ccc2c(c1)C(C)CC(N(C)CC1CC1)C2=O. The molecule has 2 atom stereocenters. The van der Waals surface area contributed by atoms with Crippen molar-refractivity contribution < 1.29 is 19.1 Å². The minimum absolute atomic E-state index is 0.0158. The van der Waals surface area contributed by atoms with E-state index in [0.29, 0.717) is 25.7 Å². The zero-order chi connectivity index (χ0) is 20.1. The molecule has 154 valence electrons. The van der Waals surface area contributed by atoms with Crippen LogP contribution in [-0.2, 0) is 20.8 Å². The molecule has 0 radical (unpaired) electrons. The maximum Gasteiger partial charge on any atom is 0.246 e. The fraction of sp³-hybridized carbons (Fsp3) is 0.636. The molecule has 6 heteroatoms. The summed E-state index contributed by atoms with van der Waals surface area (Å²) < 4.78 is 10.1. The molecule has 0 aromatic heterocycles. The van der Waals surface area contributed by atoms with Gasteiger partial charge in [-0.1, -0.05) is 25.1 Å². The van der Waals surface area contributed by atoms with Crippen LogP contribution in [0.1, 0.15) is 53.6 Å². The largest absolute Gasteiger partial charge is 0.382 e. The van der Waals surface area contributed by atoms with Gasteiger partial charge in [0.05, 0.1) is 19.3 Å². The Morgan fingerprint density at radius 3 is 2.79 bits per heavy atom. The smallest absolute Gasteiger partial charge is 0.246 e. The maximum atomic E-state index is 13.0. The molecule has 1 N–H and O–H groups in total. The van der Waals surface area contributed by atoms with Crippen molar-refractivity contribution in [1.82, 2.24) is 10.2 Å². The van der Waals surface area contributed by atoms with Gasteiger partial charge in [-0.05, 0) is 49.3 Å². The third kappa shape index (κ3) is 5.40. The Hall–Kier alpha value is -1.76. The number of benzene rings is 1. The van der Waals surface area contributed by atoms with E-state index in [1.807, 2.05) is 12.1 Å². The number of rotatable bonds is 10. The Bertz CT molecular complexity index is 702. The number of likely N-dealkylation sites (N-methyl/N-ethyl adjacent to an activating group) is 1. The topological polar surface area (TPSA) is 67.9 Å². The highest BCUT2D eigenvalue weighted by molar-refractivity contribution is 6.02. The average Bonchev–Trinajstić information content (AvgIpc) is 3.50. The fourth-order valence-electron chi connectivity index (χ4n) is 3.88. The minimum atomic E-state index is -0.153. The number of ketones is 1. The van der Waals surface area contributed by atoms with E-state index in [4.69, 9.17) is 9.47 Å². The molecule has 0 bridgehead atoms. The second kappa shape index (κ2) is 9.63. The molecule has 6 nitrogen and oxygen atoms in total. The molecule has 1 fully saturated rings. The molecule has 3 rings (SSSR count). The van der Waals surface area contributed by atoms with Crippen LogP contribution < -0.4 is 5.32 Å². The second-order valence-electron chi connectivity index (χ2n) is 8.14. The first-order valence-electron chi connectivity index (χ1n) is 10.2. The second-order valence-corrected chi connectivity index (χ2v) is 8.14. The molecule has 1 aromatic carbocycles. The number of ether oxygens (including phenoxy) is 2. The van der Waals surface area contributed by atoms with Gasteiger partial charge < -0.3 is 14.8 Å². The van der Waals surface area contributed by atoms with Gasteiger partial charge >= 0.3 is 0 Å². The van der Waals surface area contributed by atoms with Crippen molar-refractivity contribution in [2.24, 2.45) is 5.92 Å². The number of carbonyl (C=O) groups excluding carboxylic acids is 2. The highest BCUT2D eigenvalue weighted by Crippen LogP contribution is 2.36. The van der Waals surface area contributed by atoms with E-state index in [1.54, 1.807) is 7.11 Å². The van der Waals surface area contributed by atoms with Crippen LogP contribution in [0.15, 0.2) is 18.2 Å². The van der Waals surface area contributed by atoms with Crippen molar-refractivity contribution >= 4 is 11.7 Å². The van der Waals surface area contributed by atoms with Crippen LogP contribution in [0.3, 0.4) is 0 Å². The van der Waals surface area contributed by atoms with Crippen molar-refractivity contribution in [2.45, 2.75) is 44.7 Å². The van der Waals surface area contributed by atoms with Gasteiger partial charge in [0, 0.05) is 25.8 Å². The number of fused-ring (bicyclic) bond motifs is 1. The molecule has 1 amide bonds. The highest BCUT2D eigenvalue weighted by atomic mass is 16.5. The van der Waals surface area contributed by atoms with E-state index in [0.717, 1.165) is 35.6 Å². The van der Waals surface area contributed by atoms with Crippen molar-refractivity contribution in [2.75, 3.05) is 40.5 Å². The number of Topliss-reactive ketones (excluding diaryl/α,β-unsaturated/α-hetero) is 1. The molecule has 0 aliphatic heterocycles. The maximum absolute atomic E-state index is 13.0. The number of amides is 1. The van der Waals surface area contributed by atoms with E-state index >= 15 is 0 Å². The first kappa shape index (κ1) is 21.0. The third-order valence-corrected chi connectivity index (χ3v) is 5.72. The first-order chi connectivity index (χ1) is 13.5. The Kier molecular flexibility index (Phi) is 7.21. The molecule has 28 heavy (non-hydrogen) atoms. The van der Waals surface area contributed by atoms with Gasteiger partial charge in [-0.15, -0.1) is 0 Å². The lowest BCUT2D eigenvalue weighted by Gasteiger charge is -2.34. The summed E-state index contributed by atoms with van der Waals surface area (Å²) in [4.78, 5) is 27.1. The molecular formula is C22H32N2O4. The summed E-state index contributed by atoms with van der Waals surface area (Å²) in [6.45, 7) is 4.55. The summed E-state index contributed by atoms with van der Waals surface area (Å²) in [5.74, 6) is 1.18. The van der Waals surface area contributed by atoms with Gasteiger partial charge in [0.15, 0.2) is 5.78 Å². The number of methoxy groups -OCH3 is 1. The Morgan fingerprint density at radius 1 is 1.29 bits per heavy atom. The summed E-state index contributed by atoms with van der Waals surface area (Å²) in [7, 11) is 3.68. The van der Waals surface area contributed by atoms with E-state index < -0.39 is 0 Å². The van der Waals surface area contributed by atoms with E-state index in [2.05, 4.69) is 30.3 Å². The number of carbonyl (C=O) groups is 2. The Morgan fingerprint density at radius 2 is 2.07 bits per heavy atom. The summed E-state index contributed by atoms with van der Waals surface area (Å²) >= 11 is 0. The van der Waals surface area contributed by atoms with Gasteiger partial charge in [-0.3, -0.25) is 14.5 Å². The predicted molar refractivity (Wildman–Crippen MR) is 107 cm³/mol. The van der Waals surface area contributed by atoms with Crippen LogP contribution in [0.2, 0.25) is 0 Å². The van der Waals surface area contributed by atoms with E-state index in [1.165, 1.54) is 12.8 Å². The first-order valence-corrected chi connectivity index (χ1v) is 10.2. The third-order valence-electron chi connectivity index (χ3n) is 5.72. The highest BCUT2D eigenvalue weighted by Gasteiger charge is 2.36. The standard InChI is InChI=1S/C22H32N2O4/c1-15-10-20(24(2)13-16-4-5-16)22(26)18-7-6-17(11-19(15)18)12-23-21(25)14-28-9-8-27-3/h6-7,11,15-16,20H,4-5,8-10,12-14H2,1-3H3,(H,23,25). The molecule has 0 heterocycles. The van der Waals surface area contributed by atoms with Gasteiger partial charge in [0.25, 0.3) is 0 Å². The monoisotopic (exact) mass is 388 g/mol. The lowest BCUT2D eigenvalue weighted by atomic mass is 9.79. The lowest BCUT2D eigenvalue weighted by Crippen LogP contribution is -2.43.